The van der Waals surface area contributed by atoms with E-state index >= 15 is 0 Å². The van der Waals surface area contributed by atoms with Gasteiger partial charge in [0.1, 0.15) is 5.75 Å². The van der Waals surface area contributed by atoms with Crippen molar-refractivity contribution in [3.63, 3.8) is 0 Å². The summed E-state index contributed by atoms with van der Waals surface area (Å²) in [6.45, 7) is 0.185. The van der Waals surface area contributed by atoms with Crippen LogP contribution >= 0.6 is 0 Å². The number of aliphatic hydroxyl groups is 1. The number of carbonyl (C=O) groups is 1. The van der Waals surface area contributed by atoms with Crippen LogP contribution < -0.4 is 10.1 Å². The maximum absolute atomic E-state index is 11.7. The number of amides is 1. The zero-order valence-electron chi connectivity index (χ0n) is 12.0. The molecule has 0 aliphatic heterocycles. The number of nitrogens with one attached hydrogen (secondary N) is 1. The molecule has 2 N–H and O–H groups in total. The zero-order valence-corrected chi connectivity index (χ0v) is 12.0. The topological polar surface area (TPSA) is 82.3 Å². The standard InChI is InChI=1S/C16H20N2O3/c17-10-13-4-6-14(7-5-13)21-11-15(19)18-12-16(20)8-2-1-3-9-16/h4-7,20H,1-3,8-9,11-12H2,(H,18,19). The first-order valence-electron chi connectivity index (χ1n) is 7.23. The molecule has 1 aromatic rings. The molecule has 5 heteroatoms. The van der Waals surface area contributed by atoms with E-state index in [-0.39, 0.29) is 19.1 Å². The molecule has 1 fully saturated rings. The summed E-state index contributed by atoms with van der Waals surface area (Å²) < 4.78 is 5.34. The molecule has 0 bridgehead atoms. The van der Waals surface area contributed by atoms with Gasteiger partial charge in [0.2, 0.25) is 0 Å². The van der Waals surface area contributed by atoms with Crippen LogP contribution in [0.2, 0.25) is 0 Å². The summed E-state index contributed by atoms with van der Waals surface area (Å²) in [6.07, 6.45) is 4.65. The van der Waals surface area contributed by atoms with Crippen LogP contribution in [0.4, 0.5) is 0 Å². The average molecular weight is 288 g/mol. The molecule has 2 rings (SSSR count). The molecule has 0 heterocycles. The highest BCUT2D eigenvalue weighted by Gasteiger charge is 2.29. The highest BCUT2D eigenvalue weighted by molar-refractivity contribution is 5.77. The molecule has 0 aromatic heterocycles. The van der Waals surface area contributed by atoms with Gasteiger partial charge >= 0.3 is 0 Å². The van der Waals surface area contributed by atoms with Gasteiger partial charge in [0, 0.05) is 6.54 Å². The third kappa shape index (κ3) is 4.76. The Labute approximate surface area is 124 Å². The van der Waals surface area contributed by atoms with Gasteiger partial charge in [-0.1, -0.05) is 19.3 Å². The minimum absolute atomic E-state index is 0.0953. The predicted molar refractivity (Wildman–Crippen MR) is 77.7 cm³/mol. The van der Waals surface area contributed by atoms with Gasteiger partial charge in [-0.25, -0.2) is 0 Å². The summed E-state index contributed by atoms with van der Waals surface area (Å²) in [5, 5.41) is 21.7. The number of nitrogens with zero attached hydrogens (tertiary/aromatic N) is 1. The van der Waals surface area contributed by atoms with Crippen LogP contribution in [0.25, 0.3) is 0 Å². The lowest BCUT2D eigenvalue weighted by atomic mass is 9.85. The van der Waals surface area contributed by atoms with Gasteiger partial charge < -0.3 is 15.2 Å². The number of ether oxygens (including phenoxy) is 1. The molecule has 0 unspecified atom stereocenters. The van der Waals surface area contributed by atoms with E-state index in [2.05, 4.69) is 5.32 Å². The van der Waals surface area contributed by atoms with Crippen molar-refractivity contribution in [2.75, 3.05) is 13.2 Å². The fourth-order valence-electron chi connectivity index (χ4n) is 2.48. The van der Waals surface area contributed by atoms with E-state index in [4.69, 9.17) is 10.00 Å². The lowest BCUT2D eigenvalue weighted by Crippen LogP contribution is -2.45. The number of hydrogen-bond donors (Lipinski definition) is 2. The minimum atomic E-state index is -0.762. The number of benzene rings is 1. The third-order valence-electron chi connectivity index (χ3n) is 3.75. The Bertz CT molecular complexity index is 513. The van der Waals surface area contributed by atoms with Gasteiger partial charge in [0.15, 0.2) is 6.61 Å². The minimum Gasteiger partial charge on any atom is -0.484 e. The summed E-state index contributed by atoms with van der Waals surface area (Å²) >= 11 is 0. The van der Waals surface area contributed by atoms with E-state index in [9.17, 15) is 9.90 Å². The van der Waals surface area contributed by atoms with Crippen molar-refractivity contribution in [2.45, 2.75) is 37.7 Å². The Kier molecular flexibility index (Phi) is 5.18. The number of nitriles is 1. The normalized spacial score (nSPS) is 16.8. The predicted octanol–water partition coefficient (Wildman–Crippen LogP) is 1.75. The molecule has 5 nitrogen and oxygen atoms in total. The average Bonchev–Trinajstić information content (AvgIpc) is 2.52. The Balaban J connectivity index is 1.73. The summed E-state index contributed by atoms with van der Waals surface area (Å²) in [4.78, 5) is 11.7. The summed E-state index contributed by atoms with van der Waals surface area (Å²) in [5.41, 5.74) is -0.214. The second-order valence-electron chi connectivity index (χ2n) is 5.49. The molecule has 112 valence electrons. The van der Waals surface area contributed by atoms with Crippen molar-refractivity contribution >= 4 is 5.91 Å². The van der Waals surface area contributed by atoms with Crippen molar-refractivity contribution in [1.82, 2.24) is 5.32 Å². The second kappa shape index (κ2) is 7.09. The Morgan fingerprint density at radius 2 is 1.95 bits per heavy atom. The van der Waals surface area contributed by atoms with Gasteiger partial charge in [0.25, 0.3) is 5.91 Å². The smallest absolute Gasteiger partial charge is 0.258 e. The fraction of sp³-hybridized carbons (Fsp3) is 0.500. The van der Waals surface area contributed by atoms with Crippen LogP contribution in [0, 0.1) is 11.3 Å². The highest BCUT2D eigenvalue weighted by Crippen LogP contribution is 2.27. The molecule has 1 aliphatic carbocycles. The zero-order chi connectivity index (χ0) is 15.1. The van der Waals surface area contributed by atoms with Crippen LogP contribution in [-0.2, 0) is 4.79 Å². The van der Waals surface area contributed by atoms with Gasteiger partial charge in [0.05, 0.1) is 17.2 Å². The van der Waals surface area contributed by atoms with Crippen LogP contribution in [0.1, 0.15) is 37.7 Å². The van der Waals surface area contributed by atoms with E-state index in [0.717, 1.165) is 32.1 Å². The third-order valence-corrected chi connectivity index (χ3v) is 3.75. The largest absolute Gasteiger partial charge is 0.484 e. The van der Waals surface area contributed by atoms with E-state index in [1.807, 2.05) is 6.07 Å². The number of rotatable bonds is 5. The molecular weight excluding hydrogens is 268 g/mol. The van der Waals surface area contributed by atoms with Gasteiger partial charge in [-0.15, -0.1) is 0 Å². The first kappa shape index (κ1) is 15.3. The second-order valence-corrected chi connectivity index (χ2v) is 5.49. The summed E-state index contributed by atoms with van der Waals surface area (Å²) in [7, 11) is 0. The van der Waals surface area contributed by atoms with Crippen molar-refractivity contribution in [3.8, 4) is 11.8 Å². The molecule has 0 radical (unpaired) electrons. The van der Waals surface area contributed by atoms with Gasteiger partial charge in [-0.05, 0) is 37.1 Å². The van der Waals surface area contributed by atoms with E-state index in [0.29, 0.717) is 11.3 Å². The molecular formula is C16H20N2O3. The molecule has 1 amide bonds. The first-order chi connectivity index (χ1) is 10.1. The van der Waals surface area contributed by atoms with E-state index in [1.165, 1.54) is 0 Å². The molecule has 21 heavy (non-hydrogen) atoms. The lowest BCUT2D eigenvalue weighted by Gasteiger charge is -2.32. The van der Waals surface area contributed by atoms with Crippen molar-refractivity contribution in [1.29, 1.82) is 5.26 Å². The monoisotopic (exact) mass is 288 g/mol. The molecule has 1 saturated carbocycles. The van der Waals surface area contributed by atoms with Crippen LogP contribution in [-0.4, -0.2) is 29.8 Å². The van der Waals surface area contributed by atoms with Crippen LogP contribution in [0.15, 0.2) is 24.3 Å². The maximum atomic E-state index is 11.7. The van der Waals surface area contributed by atoms with Gasteiger partial charge in [-0.2, -0.15) is 5.26 Å². The van der Waals surface area contributed by atoms with E-state index < -0.39 is 5.60 Å². The quantitative estimate of drug-likeness (QED) is 0.864. The highest BCUT2D eigenvalue weighted by atomic mass is 16.5. The Hall–Kier alpha value is -2.06. The Morgan fingerprint density at radius 1 is 1.29 bits per heavy atom. The molecule has 0 spiro atoms. The van der Waals surface area contributed by atoms with Crippen molar-refractivity contribution < 1.29 is 14.6 Å². The Morgan fingerprint density at radius 3 is 2.57 bits per heavy atom. The first-order valence-corrected chi connectivity index (χ1v) is 7.23. The molecule has 0 atom stereocenters. The van der Waals surface area contributed by atoms with Crippen LogP contribution in [0.5, 0.6) is 5.75 Å². The van der Waals surface area contributed by atoms with E-state index in [1.54, 1.807) is 24.3 Å². The SMILES string of the molecule is N#Cc1ccc(OCC(=O)NCC2(O)CCCCC2)cc1. The summed E-state index contributed by atoms with van der Waals surface area (Å²) in [6, 6.07) is 8.60. The molecule has 1 aliphatic rings. The van der Waals surface area contributed by atoms with Crippen LogP contribution in [0.3, 0.4) is 0 Å². The number of hydrogen-bond acceptors (Lipinski definition) is 4. The van der Waals surface area contributed by atoms with Crippen molar-refractivity contribution in [3.05, 3.63) is 29.8 Å². The lowest BCUT2D eigenvalue weighted by molar-refractivity contribution is -0.124. The van der Waals surface area contributed by atoms with Gasteiger partial charge in [-0.3, -0.25) is 4.79 Å². The molecule has 1 aromatic carbocycles. The van der Waals surface area contributed by atoms with Crippen molar-refractivity contribution in [2.24, 2.45) is 0 Å². The maximum Gasteiger partial charge on any atom is 0.258 e. The fourth-order valence-corrected chi connectivity index (χ4v) is 2.48. The summed E-state index contributed by atoms with van der Waals surface area (Å²) in [5.74, 6) is 0.291. The number of carbonyl (C=O) groups excluding carboxylic acids is 1. The molecule has 0 saturated heterocycles.